The maximum Gasteiger partial charge on any atom is 0.186 e. The molecule has 2 nitrogen and oxygen atoms in total. The van der Waals surface area contributed by atoms with Crippen LogP contribution in [0.25, 0.3) is 6.08 Å². The van der Waals surface area contributed by atoms with Gasteiger partial charge in [0.1, 0.15) is 5.60 Å². The first-order chi connectivity index (χ1) is 7.45. The Balaban J connectivity index is 2.74. The molecule has 0 aromatic heterocycles. The molecule has 0 atom stereocenters. The predicted octanol–water partition coefficient (Wildman–Crippen LogP) is 3.00. The van der Waals surface area contributed by atoms with E-state index in [1.54, 1.807) is 19.9 Å². The minimum atomic E-state index is -0.749. The summed E-state index contributed by atoms with van der Waals surface area (Å²) < 4.78 is 5.11. The topological polar surface area (TPSA) is 26.3 Å². The Morgan fingerprint density at radius 2 is 1.81 bits per heavy atom. The third-order valence-corrected chi connectivity index (χ3v) is 2.61. The lowest BCUT2D eigenvalue weighted by Crippen LogP contribution is -2.32. The van der Waals surface area contributed by atoms with Crippen LogP contribution in [0.1, 0.15) is 25.0 Å². The van der Waals surface area contributed by atoms with Crippen LogP contribution in [0.2, 0.25) is 0 Å². The number of methoxy groups -OCH3 is 1. The molecule has 0 N–H and O–H groups in total. The summed E-state index contributed by atoms with van der Waals surface area (Å²) in [4.78, 5) is 11.7. The van der Waals surface area contributed by atoms with E-state index in [2.05, 4.69) is 0 Å². The van der Waals surface area contributed by atoms with Gasteiger partial charge in [-0.2, -0.15) is 0 Å². The van der Waals surface area contributed by atoms with Gasteiger partial charge in [-0.3, -0.25) is 4.79 Å². The van der Waals surface area contributed by atoms with Crippen LogP contribution in [-0.4, -0.2) is 18.5 Å². The Kier molecular flexibility index (Phi) is 4.02. The van der Waals surface area contributed by atoms with Gasteiger partial charge in [-0.1, -0.05) is 35.9 Å². The Morgan fingerprint density at radius 1 is 1.25 bits per heavy atom. The molecule has 0 radical (unpaired) electrons. The van der Waals surface area contributed by atoms with Gasteiger partial charge in [-0.25, -0.2) is 0 Å². The molecule has 0 aliphatic carbocycles. The third-order valence-electron chi connectivity index (χ3n) is 2.61. The van der Waals surface area contributed by atoms with Gasteiger partial charge in [0.2, 0.25) is 0 Å². The van der Waals surface area contributed by atoms with E-state index in [9.17, 15) is 4.79 Å². The van der Waals surface area contributed by atoms with Crippen molar-refractivity contribution >= 4 is 11.9 Å². The SMILES string of the molecule is COC(C)(C)C(=O)C=Cc1ccc(C)cc1. The zero-order valence-electron chi connectivity index (χ0n) is 10.3. The third kappa shape index (κ3) is 3.31. The van der Waals surface area contributed by atoms with Gasteiger partial charge in [0.25, 0.3) is 0 Å². The molecule has 0 heterocycles. The van der Waals surface area contributed by atoms with Crippen LogP contribution in [0.5, 0.6) is 0 Å². The summed E-state index contributed by atoms with van der Waals surface area (Å²) in [6, 6.07) is 8.01. The van der Waals surface area contributed by atoms with Crippen molar-refractivity contribution in [3.63, 3.8) is 0 Å². The number of ether oxygens (including phenoxy) is 1. The predicted molar refractivity (Wildman–Crippen MR) is 66.3 cm³/mol. The number of ketones is 1. The van der Waals surface area contributed by atoms with Gasteiger partial charge in [-0.05, 0) is 32.4 Å². The number of hydrogen-bond acceptors (Lipinski definition) is 2. The first kappa shape index (κ1) is 12.7. The highest BCUT2D eigenvalue weighted by Crippen LogP contribution is 2.11. The van der Waals surface area contributed by atoms with Crippen LogP contribution in [0, 0.1) is 6.92 Å². The van der Waals surface area contributed by atoms with Gasteiger partial charge in [0, 0.05) is 7.11 Å². The molecule has 2 heteroatoms. The van der Waals surface area contributed by atoms with E-state index in [0.717, 1.165) is 5.56 Å². The average Bonchev–Trinajstić information content (AvgIpc) is 2.28. The van der Waals surface area contributed by atoms with E-state index in [1.165, 1.54) is 12.7 Å². The second kappa shape index (κ2) is 5.08. The fraction of sp³-hybridized carbons (Fsp3) is 0.357. The monoisotopic (exact) mass is 218 g/mol. The normalized spacial score (nSPS) is 12.0. The highest BCUT2D eigenvalue weighted by Gasteiger charge is 2.23. The summed E-state index contributed by atoms with van der Waals surface area (Å²) in [5.41, 5.74) is 1.48. The molecule has 0 unspecified atom stereocenters. The van der Waals surface area contributed by atoms with Crippen molar-refractivity contribution in [1.82, 2.24) is 0 Å². The van der Waals surface area contributed by atoms with Gasteiger partial charge in [-0.15, -0.1) is 0 Å². The fourth-order valence-electron chi connectivity index (χ4n) is 1.15. The lowest BCUT2D eigenvalue weighted by atomic mass is 10.0. The molecule has 0 bridgehead atoms. The highest BCUT2D eigenvalue weighted by molar-refractivity contribution is 5.99. The van der Waals surface area contributed by atoms with E-state index < -0.39 is 5.60 Å². The van der Waals surface area contributed by atoms with Crippen molar-refractivity contribution in [2.75, 3.05) is 7.11 Å². The number of rotatable bonds is 4. The molecular formula is C14H18O2. The maximum absolute atomic E-state index is 11.7. The zero-order valence-corrected chi connectivity index (χ0v) is 10.3. The smallest absolute Gasteiger partial charge is 0.186 e. The minimum absolute atomic E-state index is 0.0319. The van der Waals surface area contributed by atoms with Crippen LogP contribution < -0.4 is 0 Å². The molecule has 0 saturated carbocycles. The van der Waals surface area contributed by atoms with E-state index in [4.69, 9.17) is 4.74 Å². The van der Waals surface area contributed by atoms with Gasteiger partial charge in [0.05, 0.1) is 0 Å². The lowest BCUT2D eigenvalue weighted by molar-refractivity contribution is -0.131. The largest absolute Gasteiger partial charge is 0.371 e. The fourth-order valence-corrected chi connectivity index (χ4v) is 1.15. The molecular weight excluding hydrogens is 200 g/mol. The molecule has 0 aliphatic rings. The Labute approximate surface area is 96.9 Å². The van der Waals surface area contributed by atoms with Gasteiger partial charge < -0.3 is 4.74 Å². The van der Waals surface area contributed by atoms with Crippen LogP contribution >= 0.6 is 0 Å². The van der Waals surface area contributed by atoms with E-state index in [-0.39, 0.29) is 5.78 Å². The van der Waals surface area contributed by atoms with Crippen molar-refractivity contribution in [3.8, 4) is 0 Å². The number of carbonyl (C=O) groups is 1. The van der Waals surface area contributed by atoms with E-state index >= 15 is 0 Å². The Hall–Kier alpha value is -1.41. The number of carbonyl (C=O) groups excluding carboxylic acids is 1. The summed E-state index contributed by atoms with van der Waals surface area (Å²) in [6.45, 7) is 5.55. The maximum atomic E-state index is 11.7. The van der Waals surface area contributed by atoms with Crippen molar-refractivity contribution in [2.24, 2.45) is 0 Å². The number of benzene rings is 1. The van der Waals surface area contributed by atoms with Crippen molar-refractivity contribution < 1.29 is 9.53 Å². The Morgan fingerprint density at radius 3 is 2.31 bits per heavy atom. The van der Waals surface area contributed by atoms with Crippen molar-refractivity contribution in [3.05, 3.63) is 41.5 Å². The molecule has 1 aromatic rings. The second-order valence-electron chi connectivity index (χ2n) is 4.32. The highest BCUT2D eigenvalue weighted by atomic mass is 16.5. The van der Waals surface area contributed by atoms with Gasteiger partial charge in [0.15, 0.2) is 5.78 Å². The summed E-state index contributed by atoms with van der Waals surface area (Å²) >= 11 is 0. The molecule has 1 rings (SSSR count). The standard InChI is InChI=1S/C14H18O2/c1-11-5-7-12(8-6-11)9-10-13(15)14(2,3)16-4/h5-10H,1-4H3. The summed E-state index contributed by atoms with van der Waals surface area (Å²) in [5, 5.41) is 0. The minimum Gasteiger partial charge on any atom is -0.371 e. The van der Waals surface area contributed by atoms with Crippen LogP contribution in [0.15, 0.2) is 30.3 Å². The quantitative estimate of drug-likeness (QED) is 0.726. The molecule has 1 aromatic carbocycles. The molecule has 0 fully saturated rings. The summed E-state index contributed by atoms with van der Waals surface area (Å²) in [7, 11) is 1.54. The summed E-state index contributed by atoms with van der Waals surface area (Å²) in [5.74, 6) is -0.0319. The first-order valence-corrected chi connectivity index (χ1v) is 5.30. The van der Waals surface area contributed by atoms with Crippen LogP contribution in [0.3, 0.4) is 0 Å². The van der Waals surface area contributed by atoms with E-state index in [0.29, 0.717) is 0 Å². The lowest BCUT2D eigenvalue weighted by Gasteiger charge is -2.18. The first-order valence-electron chi connectivity index (χ1n) is 5.30. The number of hydrogen-bond donors (Lipinski definition) is 0. The van der Waals surface area contributed by atoms with Crippen molar-refractivity contribution in [1.29, 1.82) is 0 Å². The summed E-state index contributed by atoms with van der Waals surface area (Å²) in [6.07, 6.45) is 3.37. The second-order valence-corrected chi connectivity index (χ2v) is 4.32. The van der Waals surface area contributed by atoms with Crippen LogP contribution in [0.4, 0.5) is 0 Å². The average molecular weight is 218 g/mol. The van der Waals surface area contributed by atoms with Crippen LogP contribution in [-0.2, 0) is 9.53 Å². The molecule has 16 heavy (non-hydrogen) atoms. The molecule has 0 saturated heterocycles. The molecule has 86 valence electrons. The van der Waals surface area contributed by atoms with Gasteiger partial charge >= 0.3 is 0 Å². The molecule has 0 aliphatic heterocycles. The number of aryl methyl sites for hydroxylation is 1. The van der Waals surface area contributed by atoms with E-state index in [1.807, 2.05) is 37.3 Å². The zero-order chi connectivity index (χ0) is 12.2. The van der Waals surface area contributed by atoms with Crippen molar-refractivity contribution in [2.45, 2.75) is 26.4 Å². The Bertz CT molecular complexity index is 386. The molecule has 0 spiro atoms. The molecule has 0 amide bonds.